The van der Waals surface area contributed by atoms with E-state index in [4.69, 9.17) is 5.11 Å². The summed E-state index contributed by atoms with van der Waals surface area (Å²) in [5.74, 6) is -1.46. The first-order chi connectivity index (χ1) is 8.98. The van der Waals surface area contributed by atoms with Crippen LogP contribution >= 0.6 is 0 Å². The van der Waals surface area contributed by atoms with E-state index in [0.717, 1.165) is 0 Å². The maximum atomic E-state index is 12.9. The van der Waals surface area contributed by atoms with E-state index in [0.29, 0.717) is 12.1 Å². The minimum Gasteiger partial charge on any atom is -0.481 e. The van der Waals surface area contributed by atoms with E-state index in [1.807, 2.05) is 0 Å². The molecule has 1 aromatic rings. The highest BCUT2D eigenvalue weighted by molar-refractivity contribution is 5.85. The molecule has 1 N–H and O–H groups in total. The third kappa shape index (κ3) is 2.34. The molecule has 1 fully saturated rings. The van der Waals surface area contributed by atoms with E-state index in [-0.39, 0.29) is 18.9 Å². The number of carboxylic acid groups (broad SMARTS) is 1. The van der Waals surface area contributed by atoms with Crippen LogP contribution in [-0.2, 0) is 22.6 Å². The Balaban J connectivity index is 2.62. The zero-order valence-corrected chi connectivity index (χ0v) is 9.77. The molecule has 20 heavy (non-hydrogen) atoms. The van der Waals surface area contributed by atoms with Crippen molar-refractivity contribution in [1.29, 1.82) is 0 Å². The van der Waals surface area contributed by atoms with Gasteiger partial charge in [0, 0.05) is 0 Å². The lowest BCUT2D eigenvalue weighted by Gasteiger charge is -2.19. The highest BCUT2D eigenvalue weighted by Crippen LogP contribution is 2.52. The first-order valence-corrected chi connectivity index (χ1v) is 5.51. The van der Waals surface area contributed by atoms with Crippen molar-refractivity contribution >= 4 is 5.97 Å². The van der Waals surface area contributed by atoms with Gasteiger partial charge in [-0.3, -0.25) is 4.79 Å². The van der Waals surface area contributed by atoms with Gasteiger partial charge in [0.25, 0.3) is 0 Å². The van der Waals surface area contributed by atoms with Crippen LogP contribution in [0.5, 0.6) is 0 Å². The van der Waals surface area contributed by atoms with E-state index in [1.165, 1.54) is 0 Å². The first-order valence-electron chi connectivity index (χ1n) is 5.51. The second-order valence-corrected chi connectivity index (χ2v) is 4.64. The molecule has 1 aliphatic rings. The number of hydrogen-bond donors (Lipinski definition) is 1. The van der Waals surface area contributed by atoms with Gasteiger partial charge in [-0.1, -0.05) is 6.07 Å². The van der Waals surface area contributed by atoms with Gasteiger partial charge in [-0.25, -0.2) is 0 Å². The summed E-state index contributed by atoms with van der Waals surface area (Å²) in [4.78, 5) is 11.1. The molecule has 1 aliphatic carbocycles. The van der Waals surface area contributed by atoms with Gasteiger partial charge in [-0.05, 0) is 30.5 Å². The molecule has 0 saturated heterocycles. The fourth-order valence-electron chi connectivity index (χ4n) is 2.10. The van der Waals surface area contributed by atoms with E-state index >= 15 is 0 Å². The van der Waals surface area contributed by atoms with Crippen LogP contribution in [0.3, 0.4) is 0 Å². The molecule has 110 valence electrons. The predicted octanol–water partition coefficient (Wildman–Crippen LogP) is 3.84. The molecule has 0 radical (unpaired) electrons. The van der Waals surface area contributed by atoms with Crippen LogP contribution < -0.4 is 0 Å². The highest BCUT2D eigenvalue weighted by Gasteiger charge is 2.55. The van der Waals surface area contributed by atoms with E-state index in [9.17, 15) is 31.1 Å². The van der Waals surface area contributed by atoms with Crippen LogP contribution in [0.4, 0.5) is 26.3 Å². The van der Waals surface area contributed by atoms with Crippen LogP contribution in [0.25, 0.3) is 0 Å². The minimum absolute atomic E-state index is 0.0171. The average molecular weight is 298 g/mol. The quantitative estimate of drug-likeness (QED) is 0.842. The van der Waals surface area contributed by atoms with E-state index in [1.54, 1.807) is 0 Å². The topological polar surface area (TPSA) is 37.3 Å². The van der Waals surface area contributed by atoms with Gasteiger partial charge >= 0.3 is 18.3 Å². The summed E-state index contributed by atoms with van der Waals surface area (Å²) in [6.07, 6.45) is -9.99. The summed E-state index contributed by atoms with van der Waals surface area (Å²) >= 11 is 0. The van der Waals surface area contributed by atoms with Crippen molar-refractivity contribution in [3.05, 3.63) is 34.9 Å². The predicted molar refractivity (Wildman–Crippen MR) is 55.0 cm³/mol. The summed E-state index contributed by atoms with van der Waals surface area (Å²) in [5.41, 5.74) is -5.30. The normalized spacial score (nSPS) is 17.9. The van der Waals surface area contributed by atoms with Gasteiger partial charge in [0.15, 0.2) is 0 Å². The average Bonchev–Trinajstić information content (AvgIpc) is 3.06. The molecule has 2 nitrogen and oxygen atoms in total. The number of benzene rings is 1. The monoisotopic (exact) mass is 298 g/mol. The zero-order chi connectivity index (χ0) is 15.3. The number of halogens is 6. The molecule has 0 bridgehead atoms. The van der Waals surface area contributed by atoms with Crippen molar-refractivity contribution in [2.75, 3.05) is 0 Å². The van der Waals surface area contributed by atoms with Crippen LogP contribution in [-0.4, -0.2) is 11.1 Å². The lowest BCUT2D eigenvalue weighted by atomic mass is 9.89. The van der Waals surface area contributed by atoms with Gasteiger partial charge in [-0.15, -0.1) is 0 Å². The number of carboxylic acids is 1. The van der Waals surface area contributed by atoms with E-state index < -0.39 is 40.4 Å². The van der Waals surface area contributed by atoms with Gasteiger partial charge in [-0.2, -0.15) is 26.3 Å². The van der Waals surface area contributed by atoms with Crippen LogP contribution in [0.15, 0.2) is 18.2 Å². The Morgan fingerprint density at radius 2 is 1.60 bits per heavy atom. The smallest absolute Gasteiger partial charge is 0.416 e. The molecular formula is C12H8F6O2. The summed E-state index contributed by atoms with van der Waals surface area (Å²) in [6.45, 7) is 0. The standard InChI is InChI=1S/C12H8F6O2/c13-11(14,15)6-1-2-7(8(5-6)12(16,17)18)10(3-4-10)9(19)20/h1-2,5H,3-4H2,(H,19,20). The van der Waals surface area contributed by atoms with Gasteiger partial charge < -0.3 is 5.11 Å². The number of alkyl halides is 6. The lowest BCUT2D eigenvalue weighted by molar-refractivity contribution is -0.144. The maximum absolute atomic E-state index is 12.9. The van der Waals surface area contributed by atoms with Crippen molar-refractivity contribution in [3.8, 4) is 0 Å². The Labute approximate surface area is 109 Å². The molecule has 0 aromatic heterocycles. The lowest BCUT2D eigenvalue weighted by Crippen LogP contribution is -2.25. The van der Waals surface area contributed by atoms with Crippen LogP contribution in [0, 0.1) is 0 Å². The molecule has 0 heterocycles. The highest BCUT2D eigenvalue weighted by atomic mass is 19.4. The number of hydrogen-bond acceptors (Lipinski definition) is 1. The van der Waals surface area contributed by atoms with Gasteiger partial charge in [0.05, 0.1) is 16.5 Å². The Bertz CT molecular complexity index is 554. The Morgan fingerprint density at radius 1 is 1.05 bits per heavy atom. The summed E-state index contributed by atoms with van der Waals surface area (Å²) in [6, 6.07) is 1.07. The summed E-state index contributed by atoms with van der Waals surface area (Å²) < 4.78 is 76.1. The van der Waals surface area contributed by atoms with Crippen LogP contribution in [0.1, 0.15) is 29.5 Å². The molecule has 0 unspecified atom stereocenters. The second-order valence-electron chi connectivity index (χ2n) is 4.64. The summed E-state index contributed by atoms with van der Waals surface area (Å²) in [5, 5.41) is 8.99. The van der Waals surface area contributed by atoms with E-state index in [2.05, 4.69) is 0 Å². The molecule has 0 aliphatic heterocycles. The Hall–Kier alpha value is -1.73. The van der Waals surface area contributed by atoms with Crippen molar-refractivity contribution in [2.45, 2.75) is 30.6 Å². The van der Waals surface area contributed by atoms with Crippen LogP contribution in [0.2, 0.25) is 0 Å². The van der Waals surface area contributed by atoms with Gasteiger partial charge in [0.2, 0.25) is 0 Å². The number of carbonyl (C=O) groups is 1. The minimum atomic E-state index is -5.04. The molecule has 2 rings (SSSR count). The largest absolute Gasteiger partial charge is 0.481 e. The number of rotatable bonds is 2. The summed E-state index contributed by atoms with van der Waals surface area (Å²) in [7, 11) is 0. The molecule has 1 aromatic carbocycles. The molecule has 0 atom stereocenters. The third-order valence-electron chi connectivity index (χ3n) is 3.33. The second kappa shape index (κ2) is 4.13. The van der Waals surface area contributed by atoms with Gasteiger partial charge in [0.1, 0.15) is 0 Å². The molecule has 0 spiro atoms. The Morgan fingerprint density at radius 3 is 1.95 bits per heavy atom. The fraction of sp³-hybridized carbons (Fsp3) is 0.417. The molecular weight excluding hydrogens is 290 g/mol. The van der Waals surface area contributed by atoms with Crippen molar-refractivity contribution in [3.63, 3.8) is 0 Å². The molecule has 1 saturated carbocycles. The maximum Gasteiger partial charge on any atom is 0.416 e. The number of aliphatic carboxylic acids is 1. The van der Waals surface area contributed by atoms with Crippen molar-refractivity contribution < 1.29 is 36.2 Å². The zero-order valence-electron chi connectivity index (χ0n) is 9.77. The molecule has 8 heteroatoms. The third-order valence-corrected chi connectivity index (χ3v) is 3.33. The SMILES string of the molecule is O=C(O)C1(c2ccc(C(F)(F)F)cc2C(F)(F)F)CC1. The molecule has 0 amide bonds. The van der Waals surface area contributed by atoms with Crippen molar-refractivity contribution in [1.82, 2.24) is 0 Å². The Kier molecular flexibility index (Phi) is 3.03. The first kappa shape index (κ1) is 14.7. The van der Waals surface area contributed by atoms with Crippen molar-refractivity contribution in [2.24, 2.45) is 0 Å². The fourth-order valence-corrected chi connectivity index (χ4v) is 2.10.